The van der Waals surface area contributed by atoms with E-state index in [4.69, 9.17) is 21.5 Å². The summed E-state index contributed by atoms with van der Waals surface area (Å²) in [4.78, 5) is 24.5. The third kappa shape index (κ3) is 5.43. The maximum absolute atomic E-state index is 12.4. The van der Waals surface area contributed by atoms with Crippen LogP contribution in [0.4, 0.5) is 0 Å². The Balaban J connectivity index is 2.06. The lowest BCUT2D eigenvalue weighted by atomic mass is 9.78. The number of esters is 1. The molecule has 0 unspecified atom stereocenters. The smallest absolute Gasteiger partial charge is 0.340 e. The quantitative estimate of drug-likeness (QED) is 0.715. The lowest BCUT2D eigenvalue weighted by Gasteiger charge is -2.35. The molecule has 1 aromatic carbocycles. The third-order valence-corrected chi connectivity index (χ3v) is 6.41. The van der Waals surface area contributed by atoms with Gasteiger partial charge < -0.3 is 10.1 Å². The van der Waals surface area contributed by atoms with Gasteiger partial charge in [0.05, 0.1) is 15.5 Å². The summed E-state index contributed by atoms with van der Waals surface area (Å²) in [6.45, 7) is 5.72. The van der Waals surface area contributed by atoms with E-state index in [1.54, 1.807) is 0 Å². The largest absolute Gasteiger partial charge is 0.449 e. The van der Waals surface area contributed by atoms with E-state index in [0.717, 1.165) is 25.3 Å². The maximum Gasteiger partial charge on any atom is 0.340 e. The fourth-order valence-electron chi connectivity index (χ4n) is 3.20. The Hall–Kier alpha value is -1.64. The second kappa shape index (κ2) is 8.58. The summed E-state index contributed by atoms with van der Waals surface area (Å²) in [6, 6.07) is 3.51. The van der Waals surface area contributed by atoms with Crippen molar-refractivity contribution < 1.29 is 22.7 Å². The van der Waals surface area contributed by atoms with Crippen molar-refractivity contribution in [2.24, 2.45) is 17.0 Å². The molecule has 1 aromatic rings. The van der Waals surface area contributed by atoms with E-state index in [-0.39, 0.29) is 21.5 Å². The predicted molar refractivity (Wildman–Crippen MR) is 102 cm³/mol. The zero-order valence-corrected chi connectivity index (χ0v) is 17.1. The molecule has 1 aliphatic carbocycles. The van der Waals surface area contributed by atoms with Crippen LogP contribution in [0.25, 0.3) is 0 Å². The van der Waals surface area contributed by atoms with E-state index in [9.17, 15) is 18.0 Å². The number of primary sulfonamides is 1. The number of hydrogen-bond acceptors (Lipinski definition) is 5. The highest BCUT2D eigenvalue weighted by molar-refractivity contribution is 7.89. The number of halogens is 1. The summed E-state index contributed by atoms with van der Waals surface area (Å²) >= 11 is 5.96. The van der Waals surface area contributed by atoms with Crippen LogP contribution in [0.15, 0.2) is 23.1 Å². The molecule has 1 aliphatic rings. The van der Waals surface area contributed by atoms with Crippen LogP contribution in [-0.2, 0) is 19.6 Å². The van der Waals surface area contributed by atoms with Crippen LogP contribution >= 0.6 is 11.6 Å². The van der Waals surface area contributed by atoms with E-state index in [1.165, 1.54) is 19.1 Å². The standard InChI is InChI=1S/C18H25ClN2O5S/c1-10-5-4-6-16(11(10)2)21-17(22)12(3)26-18(23)14-9-13(27(20,24)25)7-8-15(14)19/h7-12,16H,4-6H2,1-3H3,(H,21,22)(H2,20,24,25)/t10-,11+,12-,16+/m0/s1. The second-order valence-corrected chi connectivity index (χ2v) is 9.09. The Bertz CT molecular complexity index is 827. The van der Waals surface area contributed by atoms with Crippen LogP contribution in [0.3, 0.4) is 0 Å². The van der Waals surface area contributed by atoms with Crippen molar-refractivity contribution in [3.8, 4) is 0 Å². The Kier molecular flexibility index (Phi) is 6.88. The Morgan fingerprint density at radius 1 is 1.30 bits per heavy atom. The highest BCUT2D eigenvalue weighted by atomic mass is 35.5. The van der Waals surface area contributed by atoms with Gasteiger partial charge in [-0.05, 0) is 43.4 Å². The third-order valence-electron chi connectivity index (χ3n) is 5.17. The van der Waals surface area contributed by atoms with E-state index < -0.39 is 28.0 Å². The van der Waals surface area contributed by atoms with Crippen LogP contribution in [-0.4, -0.2) is 32.4 Å². The number of benzene rings is 1. The molecular formula is C18H25ClN2O5S. The molecule has 150 valence electrons. The number of sulfonamides is 1. The minimum absolute atomic E-state index is 0.00901. The summed E-state index contributed by atoms with van der Waals surface area (Å²) in [6.07, 6.45) is 2.02. The van der Waals surface area contributed by atoms with E-state index in [0.29, 0.717) is 11.8 Å². The van der Waals surface area contributed by atoms with E-state index >= 15 is 0 Å². The van der Waals surface area contributed by atoms with Gasteiger partial charge in [-0.25, -0.2) is 18.4 Å². The first-order valence-electron chi connectivity index (χ1n) is 8.84. The van der Waals surface area contributed by atoms with Gasteiger partial charge in [0.2, 0.25) is 10.0 Å². The van der Waals surface area contributed by atoms with Crippen LogP contribution in [0, 0.1) is 11.8 Å². The van der Waals surface area contributed by atoms with Crippen molar-refractivity contribution in [1.82, 2.24) is 5.32 Å². The molecule has 7 nitrogen and oxygen atoms in total. The lowest BCUT2D eigenvalue weighted by Crippen LogP contribution is -2.47. The molecule has 27 heavy (non-hydrogen) atoms. The number of rotatable bonds is 5. The molecule has 3 N–H and O–H groups in total. The predicted octanol–water partition coefficient (Wildman–Crippen LogP) is 2.47. The first-order valence-corrected chi connectivity index (χ1v) is 10.8. The van der Waals surface area contributed by atoms with Crippen LogP contribution in [0.5, 0.6) is 0 Å². The second-order valence-electron chi connectivity index (χ2n) is 7.12. The summed E-state index contributed by atoms with van der Waals surface area (Å²) in [5.41, 5.74) is -0.164. The summed E-state index contributed by atoms with van der Waals surface area (Å²) < 4.78 is 28.1. The number of hydrogen-bond donors (Lipinski definition) is 2. The molecule has 9 heteroatoms. The first kappa shape index (κ1) is 21.7. The van der Waals surface area contributed by atoms with Gasteiger partial charge in [-0.15, -0.1) is 0 Å². The molecule has 0 spiro atoms. The van der Waals surface area contributed by atoms with Crippen molar-refractivity contribution in [3.05, 3.63) is 28.8 Å². The van der Waals surface area contributed by atoms with Crippen LogP contribution < -0.4 is 10.5 Å². The highest BCUT2D eigenvalue weighted by Gasteiger charge is 2.30. The van der Waals surface area contributed by atoms with Gasteiger partial charge in [0.25, 0.3) is 5.91 Å². The average molecular weight is 417 g/mol. The van der Waals surface area contributed by atoms with E-state index in [1.807, 2.05) is 0 Å². The number of amides is 1. The number of ether oxygens (including phenoxy) is 1. The molecule has 0 aromatic heterocycles. The van der Waals surface area contributed by atoms with Crippen molar-refractivity contribution in [1.29, 1.82) is 0 Å². The van der Waals surface area contributed by atoms with Gasteiger partial charge >= 0.3 is 5.97 Å². The molecule has 0 aliphatic heterocycles. The fourth-order valence-corrected chi connectivity index (χ4v) is 3.94. The van der Waals surface area contributed by atoms with Crippen LogP contribution in [0.1, 0.15) is 50.4 Å². The number of nitrogens with one attached hydrogen (secondary N) is 1. The normalized spacial score (nSPS) is 24.1. The van der Waals surface area contributed by atoms with Crippen molar-refractivity contribution in [3.63, 3.8) is 0 Å². The molecule has 0 heterocycles. The Morgan fingerprint density at radius 3 is 2.59 bits per heavy atom. The lowest BCUT2D eigenvalue weighted by molar-refractivity contribution is -0.130. The minimum Gasteiger partial charge on any atom is -0.449 e. The number of nitrogens with two attached hydrogens (primary N) is 1. The Morgan fingerprint density at radius 2 is 1.96 bits per heavy atom. The molecule has 1 saturated carbocycles. The maximum atomic E-state index is 12.4. The van der Waals surface area contributed by atoms with Crippen molar-refractivity contribution in [2.45, 2.75) is 57.1 Å². The molecule has 1 fully saturated rings. The molecule has 4 atom stereocenters. The van der Waals surface area contributed by atoms with Gasteiger partial charge in [0.15, 0.2) is 6.10 Å². The summed E-state index contributed by atoms with van der Waals surface area (Å²) in [7, 11) is -4.00. The molecular weight excluding hydrogens is 392 g/mol. The number of carbonyl (C=O) groups excluding carboxylic acids is 2. The highest BCUT2D eigenvalue weighted by Crippen LogP contribution is 2.29. The monoisotopic (exact) mass is 416 g/mol. The van der Waals surface area contributed by atoms with Gasteiger partial charge in [0, 0.05) is 6.04 Å². The fraction of sp³-hybridized carbons (Fsp3) is 0.556. The summed E-state index contributed by atoms with van der Waals surface area (Å²) in [5.74, 6) is -0.431. The topological polar surface area (TPSA) is 116 Å². The van der Waals surface area contributed by atoms with E-state index in [2.05, 4.69) is 19.2 Å². The average Bonchev–Trinajstić information content (AvgIpc) is 2.58. The van der Waals surface area contributed by atoms with Gasteiger partial charge in [-0.2, -0.15) is 0 Å². The zero-order valence-electron chi connectivity index (χ0n) is 15.6. The van der Waals surface area contributed by atoms with Crippen molar-refractivity contribution >= 4 is 33.5 Å². The first-order chi connectivity index (χ1) is 12.5. The summed E-state index contributed by atoms with van der Waals surface area (Å²) in [5, 5.41) is 8.02. The molecule has 0 bridgehead atoms. The van der Waals surface area contributed by atoms with Crippen molar-refractivity contribution in [2.75, 3.05) is 0 Å². The Labute approximate surface area is 164 Å². The zero-order chi connectivity index (χ0) is 20.4. The van der Waals surface area contributed by atoms with Gasteiger partial charge in [-0.3, -0.25) is 4.79 Å². The van der Waals surface area contributed by atoms with Gasteiger partial charge in [-0.1, -0.05) is 38.3 Å². The number of carbonyl (C=O) groups is 2. The minimum atomic E-state index is -4.00. The van der Waals surface area contributed by atoms with Gasteiger partial charge in [0.1, 0.15) is 0 Å². The molecule has 1 amide bonds. The van der Waals surface area contributed by atoms with Crippen LogP contribution in [0.2, 0.25) is 5.02 Å². The molecule has 2 rings (SSSR count). The molecule has 0 radical (unpaired) electrons. The SMILES string of the molecule is C[C@@H]1[C@@H](C)CCC[C@H]1NC(=O)[C@H](C)OC(=O)c1cc(S(N)(=O)=O)ccc1Cl. The molecule has 0 saturated heterocycles.